The van der Waals surface area contributed by atoms with Crippen LogP contribution in [0.2, 0.25) is 0 Å². The number of hydrogen-bond donors (Lipinski definition) is 2. The highest BCUT2D eigenvalue weighted by atomic mass is 19.4. The van der Waals surface area contributed by atoms with Crippen molar-refractivity contribution in [2.24, 2.45) is 0 Å². The molecule has 3 fully saturated rings. The molecular weight excluding hydrogens is 522 g/mol. The van der Waals surface area contributed by atoms with Crippen LogP contribution in [0.4, 0.5) is 22.4 Å². The largest absolute Gasteiger partial charge is 0.573 e. The maximum absolute atomic E-state index is 14.2. The molecule has 3 saturated heterocycles. The Balaban J connectivity index is 1.32. The molecule has 12 heteroatoms. The van der Waals surface area contributed by atoms with Crippen LogP contribution in [0.5, 0.6) is 11.5 Å². The number of ether oxygens (including phenoxy) is 3. The molecule has 2 atom stereocenters. The summed E-state index contributed by atoms with van der Waals surface area (Å²) in [6.07, 6.45) is -3.82. The molecule has 3 heterocycles. The van der Waals surface area contributed by atoms with Crippen molar-refractivity contribution in [3.63, 3.8) is 0 Å². The first-order valence-corrected chi connectivity index (χ1v) is 12.8. The van der Waals surface area contributed by atoms with Gasteiger partial charge in [-0.1, -0.05) is 24.3 Å². The Morgan fingerprint density at radius 2 is 1.90 bits per heavy atom. The highest BCUT2D eigenvalue weighted by molar-refractivity contribution is 5.80. The lowest BCUT2D eigenvalue weighted by Crippen LogP contribution is -2.66. The third-order valence-corrected chi connectivity index (χ3v) is 7.58. The molecule has 2 aromatic rings. The van der Waals surface area contributed by atoms with Gasteiger partial charge in [-0.25, -0.2) is 9.18 Å². The minimum atomic E-state index is -4.87. The van der Waals surface area contributed by atoms with Gasteiger partial charge >= 0.3 is 12.4 Å². The van der Waals surface area contributed by atoms with E-state index in [9.17, 15) is 27.2 Å². The molecule has 2 aromatic carbocycles. The van der Waals surface area contributed by atoms with E-state index in [1.54, 1.807) is 17.0 Å². The molecule has 1 spiro atoms. The standard InChI is InChI=1S/C27H29F4N3O5/c28-18-5-6-20(23(14-18)38-19-7-12-37-16-19)21-15-32-25(36)33-26(21)8-10-34(11-9-26)24(35)13-17-3-1-2-4-22(17)39-27(29,30)31/h1-6,14,19,21H,7-13,15-16H2,(H2,32,33,36)/t19-,21?/m0/s1. The van der Waals surface area contributed by atoms with Crippen LogP contribution < -0.4 is 20.1 Å². The topological polar surface area (TPSA) is 89.1 Å². The number of benzene rings is 2. The summed E-state index contributed by atoms with van der Waals surface area (Å²) >= 11 is 0. The zero-order chi connectivity index (χ0) is 27.6. The first-order chi connectivity index (χ1) is 18.6. The van der Waals surface area contributed by atoms with Crippen LogP contribution in [0.1, 0.15) is 36.3 Å². The second kappa shape index (κ2) is 10.9. The Morgan fingerprint density at radius 1 is 1.13 bits per heavy atom. The zero-order valence-corrected chi connectivity index (χ0v) is 21.1. The number of nitrogens with zero attached hydrogens (tertiary/aromatic N) is 1. The van der Waals surface area contributed by atoms with Crippen LogP contribution in [0.25, 0.3) is 0 Å². The number of carbonyl (C=O) groups is 2. The second-order valence-electron chi connectivity index (χ2n) is 10.0. The highest BCUT2D eigenvalue weighted by Crippen LogP contribution is 2.42. The average Bonchev–Trinajstić information content (AvgIpc) is 3.39. The van der Waals surface area contributed by atoms with Crippen molar-refractivity contribution in [3.8, 4) is 11.5 Å². The van der Waals surface area contributed by atoms with Crippen LogP contribution in [-0.2, 0) is 16.0 Å². The van der Waals surface area contributed by atoms with E-state index in [1.165, 1.54) is 30.3 Å². The van der Waals surface area contributed by atoms with E-state index >= 15 is 0 Å². The van der Waals surface area contributed by atoms with Crippen LogP contribution >= 0.6 is 0 Å². The summed E-state index contributed by atoms with van der Waals surface area (Å²) in [5.74, 6) is -1.07. The van der Waals surface area contributed by atoms with Crippen molar-refractivity contribution < 1.29 is 41.4 Å². The number of amides is 3. The van der Waals surface area contributed by atoms with Gasteiger partial charge in [0, 0.05) is 49.2 Å². The molecule has 3 aliphatic rings. The number of alkyl halides is 3. The number of nitrogens with one attached hydrogen (secondary N) is 2. The molecule has 0 aromatic heterocycles. The molecule has 39 heavy (non-hydrogen) atoms. The summed E-state index contributed by atoms with van der Waals surface area (Å²) in [5.41, 5.74) is 0.157. The molecule has 0 saturated carbocycles. The molecule has 0 radical (unpaired) electrons. The van der Waals surface area contributed by atoms with Crippen LogP contribution in [-0.4, -0.2) is 67.7 Å². The number of likely N-dealkylation sites (tertiary alicyclic amines) is 1. The summed E-state index contributed by atoms with van der Waals surface area (Å²) in [6.45, 7) is 1.84. The first-order valence-electron chi connectivity index (χ1n) is 12.8. The van der Waals surface area contributed by atoms with Crippen molar-refractivity contribution in [3.05, 3.63) is 59.4 Å². The van der Waals surface area contributed by atoms with E-state index in [0.717, 1.165) is 5.56 Å². The quantitative estimate of drug-likeness (QED) is 0.532. The Kier molecular flexibility index (Phi) is 7.57. The Bertz CT molecular complexity index is 1210. The van der Waals surface area contributed by atoms with Crippen molar-refractivity contribution in [1.82, 2.24) is 15.5 Å². The number of para-hydroxylation sites is 1. The van der Waals surface area contributed by atoms with Gasteiger partial charge in [0.15, 0.2) is 0 Å². The molecule has 5 rings (SSSR count). The summed E-state index contributed by atoms with van der Waals surface area (Å²) in [6, 6.07) is 9.60. The SMILES string of the molecule is O=C1NCC(c2ccc(F)cc2O[C@H]2CCOC2)C2(CCN(C(=O)Cc3ccccc3OC(F)(F)F)CC2)N1. The summed E-state index contributed by atoms with van der Waals surface area (Å²) in [7, 11) is 0. The minimum absolute atomic E-state index is 0.136. The van der Waals surface area contributed by atoms with Crippen LogP contribution in [0.3, 0.4) is 0 Å². The predicted octanol–water partition coefficient (Wildman–Crippen LogP) is 3.89. The van der Waals surface area contributed by atoms with Gasteiger partial charge in [0.25, 0.3) is 0 Å². The minimum Gasteiger partial charge on any atom is -0.488 e. The Morgan fingerprint density at radius 3 is 2.62 bits per heavy atom. The first kappa shape index (κ1) is 27.0. The van der Waals surface area contributed by atoms with E-state index in [0.29, 0.717) is 44.8 Å². The molecule has 1 unspecified atom stereocenters. The van der Waals surface area contributed by atoms with Gasteiger partial charge in [-0.2, -0.15) is 0 Å². The number of carbonyl (C=O) groups excluding carboxylic acids is 2. The van der Waals surface area contributed by atoms with Crippen molar-refractivity contribution in [2.75, 3.05) is 32.8 Å². The zero-order valence-electron chi connectivity index (χ0n) is 21.1. The van der Waals surface area contributed by atoms with Gasteiger partial charge in [0.2, 0.25) is 5.91 Å². The van der Waals surface area contributed by atoms with E-state index in [-0.39, 0.29) is 49.0 Å². The van der Waals surface area contributed by atoms with Crippen molar-refractivity contribution in [1.29, 1.82) is 0 Å². The smallest absolute Gasteiger partial charge is 0.488 e. The summed E-state index contributed by atoms with van der Waals surface area (Å²) in [5, 5.41) is 5.87. The fourth-order valence-corrected chi connectivity index (χ4v) is 5.62. The lowest BCUT2D eigenvalue weighted by Gasteiger charge is -2.50. The number of piperidine rings is 1. The molecule has 8 nitrogen and oxygen atoms in total. The summed E-state index contributed by atoms with van der Waals surface area (Å²) in [4.78, 5) is 27.1. The number of urea groups is 1. The Hall–Kier alpha value is -3.54. The van der Waals surface area contributed by atoms with E-state index in [2.05, 4.69) is 15.4 Å². The van der Waals surface area contributed by atoms with Crippen LogP contribution in [0.15, 0.2) is 42.5 Å². The number of halogens is 4. The molecule has 3 amide bonds. The fourth-order valence-electron chi connectivity index (χ4n) is 5.62. The third kappa shape index (κ3) is 6.21. The maximum atomic E-state index is 14.2. The van der Waals surface area contributed by atoms with Gasteiger partial charge < -0.3 is 29.7 Å². The molecule has 2 N–H and O–H groups in total. The highest BCUT2D eigenvalue weighted by Gasteiger charge is 2.47. The van der Waals surface area contributed by atoms with Crippen molar-refractivity contribution >= 4 is 11.9 Å². The molecule has 0 bridgehead atoms. The van der Waals surface area contributed by atoms with E-state index in [1.807, 2.05) is 0 Å². The van der Waals surface area contributed by atoms with E-state index in [4.69, 9.17) is 9.47 Å². The van der Waals surface area contributed by atoms with Crippen LogP contribution in [0, 0.1) is 5.82 Å². The predicted molar refractivity (Wildman–Crippen MR) is 131 cm³/mol. The lowest BCUT2D eigenvalue weighted by molar-refractivity contribution is -0.274. The summed E-state index contributed by atoms with van der Waals surface area (Å²) < 4.78 is 68.2. The average molecular weight is 552 g/mol. The normalized spacial score (nSPS) is 22.8. The molecule has 0 aliphatic carbocycles. The molecular formula is C27H29F4N3O5. The van der Waals surface area contributed by atoms with Gasteiger partial charge in [-0.3, -0.25) is 4.79 Å². The lowest BCUT2D eigenvalue weighted by atomic mass is 9.71. The van der Waals surface area contributed by atoms with Gasteiger partial charge in [-0.05, 0) is 25.0 Å². The number of hydrogen-bond acceptors (Lipinski definition) is 5. The second-order valence-corrected chi connectivity index (χ2v) is 10.0. The van der Waals surface area contributed by atoms with Gasteiger partial charge in [0.1, 0.15) is 23.4 Å². The Labute approximate surface area is 222 Å². The van der Waals surface area contributed by atoms with E-state index < -0.39 is 23.5 Å². The maximum Gasteiger partial charge on any atom is 0.573 e. The monoisotopic (exact) mass is 551 g/mol. The molecule has 210 valence electrons. The number of rotatable bonds is 6. The van der Waals surface area contributed by atoms with Gasteiger partial charge in [0.05, 0.1) is 25.2 Å². The van der Waals surface area contributed by atoms with Gasteiger partial charge in [-0.15, -0.1) is 13.2 Å². The fraction of sp³-hybridized carbons (Fsp3) is 0.481. The molecule has 3 aliphatic heterocycles. The third-order valence-electron chi connectivity index (χ3n) is 7.58. The van der Waals surface area contributed by atoms with Crippen molar-refractivity contribution in [2.45, 2.75) is 49.6 Å².